The Morgan fingerprint density at radius 1 is 1.29 bits per heavy atom. The molecule has 6 heteroatoms. The molecular weight excluding hydrogens is 352 g/mol. The standard InChI is InChI=1S/C15H15BrN2O2S/c16-11-5-3-10(4-6-11)14-12(9-13(19)20)21-15(17-14)18-7-1-2-8-18/h3-6H,1-2,7-9H2,(H,19,20). The van der Waals surface area contributed by atoms with E-state index in [0.29, 0.717) is 0 Å². The molecule has 0 saturated carbocycles. The Hall–Kier alpha value is -1.40. The van der Waals surface area contributed by atoms with Crippen LogP contribution in [-0.4, -0.2) is 29.1 Å². The van der Waals surface area contributed by atoms with E-state index in [4.69, 9.17) is 10.1 Å². The van der Waals surface area contributed by atoms with Gasteiger partial charge in [0.05, 0.1) is 12.1 Å². The van der Waals surface area contributed by atoms with Gasteiger partial charge in [-0.1, -0.05) is 28.1 Å². The topological polar surface area (TPSA) is 53.4 Å². The summed E-state index contributed by atoms with van der Waals surface area (Å²) in [6, 6.07) is 7.85. The predicted molar refractivity (Wildman–Crippen MR) is 88.0 cm³/mol. The van der Waals surface area contributed by atoms with Crippen LogP contribution in [0.15, 0.2) is 28.7 Å². The Morgan fingerprint density at radius 3 is 2.57 bits per heavy atom. The molecule has 0 spiro atoms. The second-order valence-electron chi connectivity index (χ2n) is 5.04. The number of aromatic nitrogens is 1. The molecule has 1 aromatic heterocycles. The van der Waals surface area contributed by atoms with E-state index < -0.39 is 5.97 Å². The van der Waals surface area contributed by atoms with Gasteiger partial charge in [-0.05, 0) is 25.0 Å². The third kappa shape index (κ3) is 3.27. The fourth-order valence-corrected chi connectivity index (χ4v) is 3.86. The number of carboxylic acid groups (broad SMARTS) is 1. The van der Waals surface area contributed by atoms with Gasteiger partial charge in [-0.15, -0.1) is 11.3 Å². The number of hydrogen-bond donors (Lipinski definition) is 1. The highest BCUT2D eigenvalue weighted by Gasteiger charge is 2.21. The summed E-state index contributed by atoms with van der Waals surface area (Å²) in [5.74, 6) is -0.815. The van der Waals surface area contributed by atoms with Crippen LogP contribution in [0, 0.1) is 0 Å². The quantitative estimate of drug-likeness (QED) is 0.893. The highest BCUT2D eigenvalue weighted by molar-refractivity contribution is 9.10. The average Bonchev–Trinajstić information content (AvgIpc) is 3.08. The summed E-state index contributed by atoms with van der Waals surface area (Å²) in [6.45, 7) is 2.03. The lowest BCUT2D eigenvalue weighted by atomic mass is 10.1. The number of thiazole rings is 1. The van der Waals surface area contributed by atoms with Crippen LogP contribution in [0.5, 0.6) is 0 Å². The number of benzene rings is 1. The van der Waals surface area contributed by atoms with E-state index in [1.54, 1.807) is 0 Å². The van der Waals surface area contributed by atoms with Crippen LogP contribution >= 0.6 is 27.3 Å². The molecule has 3 rings (SSSR count). The van der Waals surface area contributed by atoms with Crippen molar-refractivity contribution in [2.45, 2.75) is 19.3 Å². The summed E-state index contributed by atoms with van der Waals surface area (Å²) in [5, 5.41) is 10.1. The van der Waals surface area contributed by atoms with Gasteiger partial charge in [-0.25, -0.2) is 4.98 Å². The van der Waals surface area contributed by atoms with Crippen molar-refractivity contribution in [1.29, 1.82) is 0 Å². The van der Waals surface area contributed by atoms with E-state index in [-0.39, 0.29) is 6.42 Å². The van der Waals surface area contributed by atoms with E-state index in [0.717, 1.165) is 38.8 Å². The maximum atomic E-state index is 11.1. The molecule has 21 heavy (non-hydrogen) atoms. The molecule has 1 aliphatic rings. The van der Waals surface area contributed by atoms with Crippen LogP contribution in [-0.2, 0) is 11.2 Å². The van der Waals surface area contributed by atoms with E-state index in [1.165, 1.54) is 24.2 Å². The Labute approximate surface area is 135 Å². The van der Waals surface area contributed by atoms with Crippen LogP contribution in [0.1, 0.15) is 17.7 Å². The number of rotatable bonds is 4. The molecule has 1 saturated heterocycles. The number of aliphatic carboxylic acids is 1. The van der Waals surface area contributed by atoms with Gasteiger partial charge in [0.2, 0.25) is 0 Å². The molecule has 1 aromatic carbocycles. The maximum absolute atomic E-state index is 11.1. The van der Waals surface area contributed by atoms with E-state index >= 15 is 0 Å². The van der Waals surface area contributed by atoms with Crippen molar-refractivity contribution in [3.8, 4) is 11.3 Å². The molecule has 4 nitrogen and oxygen atoms in total. The van der Waals surface area contributed by atoms with Gasteiger partial charge < -0.3 is 10.0 Å². The first kappa shape index (κ1) is 14.5. The van der Waals surface area contributed by atoms with Crippen molar-refractivity contribution in [3.63, 3.8) is 0 Å². The number of halogens is 1. The van der Waals surface area contributed by atoms with Gasteiger partial charge in [-0.2, -0.15) is 0 Å². The lowest BCUT2D eigenvalue weighted by Gasteiger charge is -2.12. The van der Waals surface area contributed by atoms with Crippen molar-refractivity contribution in [3.05, 3.63) is 33.6 Å². The first-order chi connectivity index (χ1) is 10.1. The zero-order valence-electron chi connectivity index (χ0n) is 11.4. The highest BCUT2D eigenvalue weighted by Crippen LogP contribution is 2.35. The average molecular weight is 367 g/mol. The summed E-state index contributed by atoms with van der Waals surface area (Å²) in [6.07, 6.45) is 2.39. The summed E-state index contributed by atoms with van der Waals surface area (Å²) in [4.78, 5) is 18.9. The third-order valence-electron chi connectivity index (χ3n) is 3.49. The Kier molecular flexibility index (Phi) is 4.26. The van der Waals surface area contributed by atoms with Crippen LogP contribution in [0.4, 0.5) is 5.13 Å². The van der Waals surface area contributed by atoms with Crippen LogP contribution in [0.3, 0.4) is 0 Å². The summed E-state index contributed by atoms with van der Waals surface area (Å²) in [7, 11) is 0. The maximum Gasteiger partial charge on any atom is 0.308 e. The Bertz CT molecular complexity index is 648. The second-order valence-corrected chi connectivity index (χ2v) is 7.02. The molecule has 0 radical (unpaired) electrons. The van der Waals surface area contributed by atoms with E-state index in [9.17, 15) is 4.79 Å². The highest BCUT2D eigenvalue weighted by atomic mass is 79.9. The fraction of sp³-hybridized carbons (Fsp3) is 0.333. The SMILES string of the molecule is O=C(O)Cc1sc(N2CCCC2)nc1-c1ccc(Br)cc1. The molecule has 110 valence electrons. The fourth-order valence-electron chi connectivity index (χ4n) is 2.47. The number of carboxylic acids is 1. The first-order valence-corrected chi connectivity index (χ1v) is 8.47. The molecule has 2 aromatic rings. The van der Waals surface area contributed by atoms with Gasteiger partial charge in [-0.3, -0.25) is 4.79 Å². The molecule has 0 bridgehead atoms. The van der Waals surface area contributed by atoms with Crippen molar-refractivity contribution in [2.24, 2.45) is 0 Å². The minimum atomic E-state index is -0.815. The van der Waals surface area contributed by atoms with Crippen LogP contribution in [0.25, 0.3) is 11.3 Å². The molecule has 0 aliphatic carbocycles. The Morgan fingerprint density at radius 2 is 1.95 bits per heavy atom. The number of anilines is 1. The molecule has 1 fully saturated rings. The van der Waals surface area contributed by atoms with Crippen molar-refractivity contribution >= 4 is 38.4 Å². The smallest absolute Gasteiger partial charge is 0.308 e. The molecule has 0 atom stereocenters. The van der Waals surface area contributed by atoms with Crippen molar-refractivity contribution in [2.75, 3.05) is 18.0 Å². The monoisotopic (exact) mass is 366 g/mol. The van der Waals surface area contributed by atoms with Gasteiger partial charge in [0.1, 0.15) is 0 Å². The largest absolute Gasteiger partial charge is 0.481 e. The summed E-state index contributed by atoms with van der Waals surface area (Å²) in [5.41, 5.74) is 1.77. The van der Waals surface area contributed by atoms with Crippen molar-refractivity contribution < 1.29 is 9.90 Å². The Balaban J connectivity index is 1.99. The zero-order valence-corrected chi connectivity index (χ0v) is 13.8. The van der Waals surface area contributed by atoms with Gasteiger partial charge in [0.15, 0.2) is 5.13 Å². The lowest BCUT2D eigenvalue weighted by molar-refractivity contribution is -0.136. The minimum Gasteiger partial charge on any atom is -0.481 e. The molecule has 1 aliphatic heterocycles. The molecular formula is C15H15BrN2O2S. The molecule has 0 unspecified atom stereocenters. The second kappa shape index (κ2) is 6.15. The third-order valence-corrected chi connectivity index (χ3v) is 5.14. The number of nitrogens with zero attached hydrogens (tertiary/aromatic N) is 2. The minimum absolute atomic E-state index is 0.0247. The lowest BCUT2D eigenvalue weighted by Crippen LogP contribution is -2.17. The van der Waals surface area contributed by atoms with Gasteiger partial charge in [0, 0.05) is 28.0 Å². The summed E-state index contributed by atoms with van der Waals surface area (Å²) < 4.78 is 1.00. The van der Waals surface area contributed by atoms with Crippen molar-refractivity contribution in [1.82, 2.24) is 4.98 Å². The first-order valence-electron chi connectivity index (χ1n) is 6.86. The molecule has 0 amide bonds. The van der Waals surface area contributed by atoms with Crippen LogP contribution in [0.2, 0.25) is 0 Å². The van der Waals surface area contributed by atoms with Crippen LogP contribution < -0.4 is 4.90 Å². The van der Waals surface area contributed by atoms with E-state index in [2.05, 4.69) is 20.8 Å². The summed E-state index contributed by atoms with van der Waals surface area (Å²) >= 11 is 4.92. The van der Waals surface area contributed by atoms with E-state index in [1.807, 2.05) is 24.3 Å². The number of hydrogen-bond acceptors (Lipinski definition) is 4. The predicted octanol–water partition coefficient (Wildman–Crippen LogP) is 3.80. The van der Waals surface area contributed by atoms with Gasteiger partial charge >= 0.3 is 5.97 Å². The number of carbonyl (C=O) groups is 1. The zero-order chi connectivity index (χ0) is 14.8. The molecule has 2 heterocycles. The normalized spacial score (nSPS) is 14.6. The van der Waals surface area contributed by atoms with Gasteiger partial charge in [0.25, 0.3) is 0 Å². The molecule has 1 N–H and O–H groups in total.